The lowest BCUT2D eigenvalue weighted by molar-refractivity contribution is -0.122. The molecule has 0 radical (unpaired) electrons. The standard InChI is InChI=1S/C14H23N5O/c1-4-6-15-12-11(5-2)13(18-9-17-12)19-8-7-16-14(20)10(19)3/h9-10H,4-8H2,1-3H3,(H,16,20)(H,15,17,18). The van der Waals surface area contributed by atoms with Crippen molar-refractivity contribution in [1.29, 1.82) is 0 Å². The van der Waals surface area contributed by atoms with Gasteiger partial charge in [-0.05, 0) is 19.8 Å². The highest BCUT2D eigenvalue weighted by Crippen LogP contribution is 2.26. The average Bonchev–Trinajstić information content (AvgIpc) is 2.47. The minimum Gasteiger partial charge on any atom is -0.370 e. The third-order valence-corrected chi connectivity index (χ3v) is 3.59. The number of hydrogen-bond donors (Lipinski definition) is 2. The number of aromatic nitrogens is 2. The number of piperazine rings is 1. The summed E-state index contributed by atoms with van der Waals surface area (Å²) in [5, 5.41) is 6.22. The summed E-state index contributed by atoms with van der Waals surface area (Å²) < 4.78 is 0. The second kappa shape index (κ2) is 6.54. The van der Waals surface area contributed by atoms with Crippen molar-refractivity contribution in [1.82, 2.24) is 15.3 Å². The van der Waals surface area contributed by atoms with Crippen molar-refractivity contribution in [3.05, 3.63) is 11.9 Å². The summed E-state index contributed by atoms with van der Waals surface area (Å²) in [5.74, 6) is 1.82. The summed E-state index contributed by atoms with van der Waals surface area (Å²) in [5.41, 5.74) is 1.09. The Morgan fingerprint density at radius 1 is 1.45 bits per heavy atom. The predicted octanol–water partition coefficient (Wildman–Crippen LogP) is 1.19. The first-order chi connectivity index (χ1) is 9.69. The first-order valence-electron chi connectivity index (χ1n) is 7.31. The molecule has 1 fully saturated rings. The molecule has 110 valence electrons. The second-order valence-electron chi connectivity index (χ2n) is 4.97. The Morgan fingerprint density at radius 3 is 2.95 bits per heavy atom. The Bertz CT molecular complexity index is 477. The van der Waals surface area contributed by atoms with Gasteiger partial charge in [-0.1, -0.05) is 13.8 Å². The molecule has 1 aromatic heterocycles. The molecule has 1 amide bonds. The highest BCUT2D eigenvalue weighted by molar-refractivity contribution is 5.86. The highest BCUT2D eigenvalue weighted by atomic mass is 16.2. The smallest absolute Gasteiger partial charge is 0.242 e. The third-order valence-electron chi connectivity index (χ3n) is 3.59. The van der Waals surface area contributed by atoms with E-state index < -0.39 is 0 Å². The van der Waals surface area contributed by atoms with Crippen molar-refractivity contribution in [2.24, 2.45) is 0 Å². The molecule has 1 aliphatic rings. The van der Waals surface area contributed by atoms with Gasteiger partial charge >= 0.3 is 0 Å². The van der Waals surface area contributed by atoms with Gasteiger partial charge in [-0.25, -0.2) is 9.97 Å². The number of amides is 1. The molecule has 6 nitrogen and oxygen atoms in total. The largest absolute Gasteiger partial charge is 0.370 e. The lowest BCUT2D eigenvalue weighted by atomic mass is 10.1. The van der Waals surface area contributed by atoms with Crippen LogP contribution in [0.4, 0.5) is 11.6 Å². The van der Waals surface area contributed by atoms with Gasteiger partial charge in [0.15, 0.2) is 0 Å². The Kier molecular flexibility index (Phi) is 4.76. The summed E-state index contributed by atoms with van der Waals surface area (Å²) in [6.07, 6.45) is 3.46. The van der Waals surface area contributed by atoms with E-state index in [0.717, 1.165) is 43.1 Å². The molecule has 1 aromatic rings. The molecule has 2 rings (SSSR count). The molecule has 0 aliphatic carbocycles. The number of rotatable bonds is 5. The maximum absolute atomic E-state index is 11.8. The molecule has 1 atom stereocenters. The lowest BCUT2D eigenvalue weighted by Crippen LogP contribution is -2.54. The van der Waals surface area contributed by atoms with Gasteiger partial charge in [0, 0.05) is 25.2 Å². The first-order valence-corrected chi connectivity index (χ1v) is 7.31. The fraction of sp³-hybridized carbons (Fsp3) is 0.643. The van der Waals surface area contributed by atoms with E-state index in [1.165, 1.54) is 0 Å². The highest BCUT2D eigenvalue weighted by Gasteiger charge is 2.28. The normalized spacial score (nSPS) is 18.9. The van der Waals surface area contributed by atoms with Crippen LogP contribution in [0.5, 0.6) is 0 Å². The van der Waals surface area contributed by atoms with Crippen LogP contribution in [0.1, 0.15) is 32.8 Å². The van der Waals surface area contributed by atoms with Crippen LogP contribution in [0.3, 0.4) is 0 Å². The van der Waals surface area contributed by atoms with Crippen LogP contribution >= 0.6 is 0 Å². The molecule has 1 saturated heterocycles. The van der Waals surface area contributed by atoms with E-state index in [1.807, 2.05) is 6.92 Å². The molecule has 0 aromatic carbocycles. The molecule has 0 bridgehead atoms. The molecule has 2 N–H and O–H groups in total. The summed E-state index contributed by atoms with van der Waals surface area (Å²) in [6.45, 7) is 8.46. The number of nitrogens with one attached hydrogen (secondary N) is 2. The minimum atomic E-state index is -0.192. The summed E-state index contributed by atoms with van der Waals surface area (Å²) in [4.78, 5) is 22.6. The second-order valence-corrected chi connectivity index (χ2v) is 4.97. The van der Waals surface area contributed by atoms with Crippen molar-refractivity contribution in [3.63, 3.8) is 0 Å². The number of nitrogens with zero attached hydrogens (tertiary/aromatic N) is 3. The van der Waals surface area contributed by atoms with Crippen LogP contribution < -0.4 is 15.5 Å². The number of hydrogen-bond acceptors (Lipinski definition) is 5. The molecule has 1 aliphatic heterocycles. The van der Waals surface area contributed by atoms with Gasteiger partial charge in [0.2, 0.25) is 5.91 Å². The quantitative estimate of drug-likeness (QED) is 0.846. The van der Waals surface area contributed by atoms with Gasteiger partial charge in [-0.2, -0.15) is 0 Å². The SMILES string of the molecule is CCCNc1ncnc(N2CCNC(=O)C2C)c1CC. The van der Waals surface area contributed by atoms with Crippen molar-refractivity contribution in [2.75, 3.05) is 29.9 Å². The summed E-state index contributed by atoms with van der Waals surface area (Å²) in [7, 11) is 0. The van der Waals surface area contributed by atoms with E-state index >= 15 is 0 Å². The molecule has 0 spiro atoms. The van der Waals surface area contributed by atoms with E-state index in [9.17, 15) is 4.79 Å². The third kappa shape index (κ3) is 2.84. The molecule has 2 heterocycles. The Balaban J connectivity index is 2.32. The van der Waals surface area contributed by atoms with E-state index in [2.05, 4.69) is 39.3 Å². The van der Waals surface area contributed by atoms with Gasteiger partial charge in [0.25, 0.3) is 0 Å². The first kappa shape index (κ1) is 14.6. The summed E-state index contributed by atoms with van der Waals surface area (Å²) >= 11 is 0. The van der Waals surface area contributed by atoms with Gasteiger partial charge in [0.1, 0.15) is 24.0 Å². The van der Waals surface area contributed by atoms with Crippen molar-refractivity contribution in [3.8, 4) is 0 Å². The van der Waals surface area contributed by atoms with Crippen LogP contribution in [0, 0.1) is 0 Å². The van der Waals surface area contributed by atoms with Crippen molar-refractivity contribution >= 4 is 17.5 Å². The van der Waals surface area contributed by atoms with Crippen molar-refractivity contribution < 1.29 is 4.79 Å². The number of anilines is 2. The maximum Gasteiger partial charge on any atom is 0.242 e. The van der Waals surface area contributed by atoms with Gasteiger partial charge in [-0.15, -0.1) is 0 Å². The molecule has 0 saturated carbocycles. The lowest BCUT2D eigenvalue weighted by Gasteiger charge is -2.35. The van der Waals surface area contributed by atoms with Crippen LogP contribution in [-0.2, 0) is 11.2 Å². The van der Waals surface area contributed by atoms with Crippen LogP contribution in [0.15, 0.2) is 6.33 Å². The zero-order chi connectivity index (χ0) is 14.5. The molecular weight excluding hydrogens is 254 g/mol. The molecular formula is C14H23N5O. The topological polar surface area (TPSA) is 70.2 Å². The molecule has 6 heteroatoms. The Hall–Kier alpha value is -1.85. The fourth-order valence-corrected chi connectivity index (χ4v) is 2.44. The number of carbonyl (C=O) groups excluding carboxylic acids is 1. The van der Waals surface area contributed by atoms with Gasteiger partial charge in [0.05, 0.1) is 0 Å². The Morgan fingerprint density at radius 2 is 2.25 bits per heavy atom. The monoisotopic (exact) mass is 277 g/mol. The number of carbonyl (C=O) groups is 1. The fourth-order valence-electron chi connectivity index (χ4n) is 2.44. The summed E-state index contributed by atoms with van der Waals surface area (Å²) in [6, 6.07) is -0.192. The Labute approximate surface area is 120 Å². The van der Waals surface area contributed by atoms with E-state index in [0.29, 0.717) is 6.54 Å². The van der Waals surface area contributed by atoms with E-state index in [-0.39, 0.29) is 11.9 Å². The van der Waals surface area contributed by atoms with Crippen LogP contribution in [0.2, 0.25) is 0 Å². The zero-order valence-corrected chi connectivity index (χ0v) is 12.4. The predicted molar refractivity (Wildman–Crippen MR) is 80.0 cm³/mol. The maximum atomic E-state index is 11.8. The molecule has 1 unspecified atom stereocenters. The zero-order valence-electron chi connectivity index (χ0n) is 12.4. The van der Waals surface area contributed by atoms with E-state index in [4.69, 9.17) is 0 Å². The average molecular weight is 277 g/mol. The van der Waals surface area contributed by atoms with Crippen LogP contribution in [-0.4, -0.2) is 41.6 Å². The minimum absolute atomic E-state index is 0.0555. The van der Waals surface area contributed by atoms with Gasteiger partial charge in [-0.3, -0.25) is 4.79 Å². The van der Waals surface area contributed by atoms with Crippen LogP contribution in [0.25, 0.3) is 0 Å². The molecule has 20 heavy (non-hydrogen) atoms. The van der Waals surface area contributed by atoms with E-state index in [1.54, 1.807) is 6.33 Å². The van der Waals surface area contributed by atoms with Gasteiger partial charge < -0.3 is 15.5 Å². The van der Waals surface area contributed by atoms with Crippen molar-refractivity contribution in [2.45, 2.75) is 39.7 Å².